The van der Waals surface area contributed by atoms with Crippen molar-refractivity contribution in [1.82, 2.24) is 10.5 Å². The average Bonchev–Trinajstić information content (AvgIpc) is 2.70. The van der Waals surface area contributed by atoms with Gasteiger partial charge in [-0.15, -0.1) is 0 Å². The van der Waals surface area contributed by atoms with Crippen molar-refractivity contribution in [1.29, 1.82) is 0 Å². The van der Waals surface area contributed by atoms with Gasteiger partial charge in [-0.05, 0) is 12.1 Å². The molecular formula is C9H7N3O4. The van der Waals surface area contributed by atoms with Gasteiger partial charge in [0.15, 0.2) is 0 Å². The van der Waals surface area contributed by atoms with Crippen molar-refractivity contribution in [3.05, 3.63) is 40.1 Å². The van der Waals surface area contributed by atoms with Crippen LogP contribution in [0.1, 0.15) is 10.5 Å². The van der Waals surface area contributed by atoms with Crippen molar-refractivity contribution in [2.45, 2.75) is 0 Å². The molecule has 0 bridgehead atoms. The Hall–Kier alpha value is -2.41. The second kappa shape index (κ2) is 3.63. The number of benzene rings is 1. The Bertz CT molecular complexity index is 575. The monoisotopic (exact) mass is 221 g/mol. The van der Waals surface area contributed by atoms with Gasteiger partial charge in [0.05, 0.1) is 4.92 Å². The summed E-state index contributed by atoms with van der Waals surface area (Å²) in [4.78, 5) is 23.8. The number of hydrogen-bond acceptors (Lipinski definition) is 4. The minimum atomic E-state index is -0.696. The molecule has 2 aromatic rings. The van der Waals surface area contributed by atoms with Crippen LogP contribution in [-0.2, 0) is 0 Å². The molecule has 1 heterocycles. The van der Waals surface area contributed by atoms with Crippen LogP contribution in [0.3, 0.4) is 0 Å². The number of rotatable bonds is 2. The first kappa shape index (κ1) is 10.1. The summed E-state index contributed by atoms with van der Waals surface area (Å²) in [5.41, 5.74) is 2.15. The van der Waals surface area contributed by atoms with E-state index in [0.29, 0.717) is 10.9 Å². The third-order valence-electron chi connectivity index (χ3n) is 2.16. The predicted molar refractivity (Wildman–Crippen MR) is 54.2 cm³/mol. The molecule has 0 fully saturated rings. The summed E-state index contributed by atoms with van der Waals surface area (Å²) >= 11 is 0. The number of nitrogens with one attached hydrogen (secondary N) is 2. The van der Waals surface area contributed by atoms with Crippen LogP contribution in [0.2, 0.25) is 0 Å². The molecule has 0 unspecified atom stereocenters. The number of hydrogen-bond donors (Lipinski definition) is 3. The zero-order valence-corrected chi connectivity index (χ0v) is 7.93. The standard InChI is InChI=1S/C9H7N3O4/c13-9(11-14)8-4-5-3-6(12(15)16)1-2-7(5)10-8/h1-4,10,14H,(H,11,13). The summed E-state index contributed by atoms with van der Waals surface area (Å²) in [6, 6.07) is 5.61. The minimum Gasteiger partial charge on any atom is -0.350 e. The number of fused-ring (bicyclic) bond motifs is 1. The van der Waals surface area contributed by atoms with Gasteiger partial charge in [-0.2, -0.15) is 0 Å². The van der Waals surface area contributed by atoms with E-state index in [2.05, 4.69) is 4.98 Å². The fourth-order valence-corrected chi connectivity index (χ4v) is 1.42. The lowest BCUT2D eigenvalue weighted by atomic mass is 10.2. The molecule has 3 N–H and O–H groups in total. The number of amides is 1. The lowest BCUT2D eigenvalue weighted by Crippen LogP contribution is -2.18. The third kappa shape index (κ3) is 1.59. The quantitative estimate of drug-likeness (QED) is 0.402. The molecule has 0 aliphatic rings. The van der Waals surface area contributed by atoms with E-state index in [4.69, 9.17) is 5.21 Å². The predicted octanol–water partition coefficient (Wildman–Crippen LogP) is 1.20. The molecule has 0 atom stereocenters. The van der Waals surface area contributed by atoms with Crippen LogP contribution in [0.25, 0.3) is 10.9 Å². The average molecular weight is 221 g/mol. The molecule has 0 saturated heterocycles. The maximum absolute atomic E-state index is 11.1. The fraction of sp³-hybridized carbons (Fsp3) is 0. The van der Waals surface area contributed by atoms with E-state index in [0.717, 1.165) is 0 Å². The van der Waals surface area contributed by atoms with Gasteiger partial charge in [0, 0.05) is 23.0 Å². The summed E-state index contributed by atoms with van der Waals surface area (Å²) in [5, 5.41) is 19.5. The normalized spacial score (nSPS) is 10.3. The molecule has 0 saturated carbocycles. The zero-order chi connectivity index (χ0) is 11.7. The molecule has 1 aromatic carbocycles. The van der Waals surface area contributed by atoms with Gasteiger partial charge in [0.2, 0.25) is 0 Å². The molecule has 0 spiro atoms. The van der Waals surface area contributed by atoms with E-state index >= 15 is 0 Å². The molecule has 7 nitrogen and oxygen atoms in total. The van der Waals surface area contributed by atoms with Gasteiger partial charge in [-0.25, -0.2) is 5.48 Å². The van der Waals surface area contributed by atoms with E-state index in [1.165, 1.54) is 29.7 Å². The minimum absolute atomic E-state index is 0.0533. The summed E-state index contributed by atoms with van der Waals surface area (Å²) in [5.74, 6) is -0.696. The highest BCUT2D eigenvalue weighted by Gasteiger charge is 2.11. The van der Waals surface area contributed by atoms with Crippen LogP contribution >= 0.6 is 0 Å². The van der Waals surface area contributed by atoms with E-state index in [1.807, 2.05) is 0 Å². The Labute approximate surface area is 88.8 Å². The largest absolute Gasteiger partial charge is 0.350 e. The first-order valence-electron chi connectivity index (χ1n) is 4.33. The number of carbonyl (C=O) groups is 1. The van der Waals surface area contributed by atoms with Gasteiger partial charge in [0.25, 0.3) is 11.6 Å². The Balaban J connectivity index is 2.54. The summed E-state index contributed by atoms with van der Waals surface area (Å²) < 4.78 is 0. The first-order chi connectivity index (χ1) is 7.61. The van der Waals surface area contributed by atoms with Crippen LogP contribution in [0.4, 0.5) is 5.69 Å². The number of nitro groups is 1. The molecule has 7 heteroatoms. The van der Waals surface area contributed by atoms with E-state index in [-0.39, 0.29) is 11.4 Å². The molecule has 0 aliphatic heterocycles. The molecule has 16 heavy (non-hydrogen) atoms. The number of aromatic nitrogens is 1. The molecule has 0 radical (unpaired) electrons. The number of aromatic amines is 1. The fourth-order valence-electron chi connectivity index (χ4n) is 1.42. The van der Waals surface area contributed by atoms with Crippen LogP contribution in [0.5, 0.6) is 0 Å². The zero-order valence-electron chi connectivity index (χ0n) is 7.93. The lowest BCUT2D eigenvalue weighted by molar-refractivity contribution is -0.384. The van der Waals surface area contributed by atoms with Crippen molar-refractivity contribution in [2.75, 3.05) is 0 Å². The second-order valence-corrected chi connectivity index (χ2v) is 3.15. The highest BCUT2D eigenvalue weighted by Crippen LogP contribution is 2.21. The number of H-pyrrole nitrogens is 1. The first-order valence-corrected chi connectivity index (χ1v) is 4.33. The summed E-state index contributed by atoms with van der Waals surface area (Å²) in [6.07, 6.45) is 0. The van der Waals surface area contributed by atoms with Crippen molar-refractivity contribution < 1.29 is 14.9 Å². The molecule has 1 aromatic heterocycles. The number of non-ortho nitro benzene ring substituents is 1. The lowest BCUT2D eigenvalue weighted by Gasteiger charge is -1.91. The van der Waals surface area contributed by atoms with Crippen molar-refractivity contribution in [3.63, 3.8) is 0 Å². The van der Waals surface area contributed by atoms with Crippen molar-refractivity contribution in [3.8, 4) is 0 Å². The molecular weight excluding hydrogens is 214 g/mol. The highest BCUT2D eigenvalue weighted by atomic mass is 16.6. The van der Waals surface area contributed by atoms with Gasteiger partial charge in [-0.1, -0.05) is 0 Å². The third-order valence-corrected chi connectivity index (χ3v) is 2.16. The molecule has 0 aliphatic carbocycles. The Morgan fingerprint density at radius 3 is 2.81 bits per heavy atom. The Kier molecular flexibility index (Phi) is 2.29. The molecule has 1 amide bonds. The van der Waals surface area contributed by atoms with Crippen LogP contribution in [-0.4, -0.2) is 21.0 Å². The van der Waals surface area contributed by atoms with E-state index in [1.54, 1.807) is 0 Å². The number of nitrogens with zero attached hydrogens (tertiary/aromatic N) is 1. The van der Waals surface area contributed by atoms with Crippen LogP contribution in [0, 0.1) is 10.1 Å². The van der Waals surface area contributed by atoms with Crippen LogP contribution in [0.15, 0.2) is 24.3 Å². The van der Waals surface area contributed by atoms with Crippen LogP contribution < -0.4 is 5.48 Å². The molecule has 2 rings (SSSR count). The second-order valence-electron chi connectivity index (χ2n) is 3.15. The smallest absolute Gasteiger partial charge is 0.291 e. The number of hydroxylamine groups is 1. The topological polar surface area (TPSA) is 108 Å². The SMILES string of the molecule is O=C(NO)c1cc2cc([N+](=O)[O-])ccc2[nH]1. The molecule has 82 valence electrons. The van der Waals surface area contributed by atoms with Gasteiger partial charge < -0.3 is 4.98 Å². The van der Waals surface area contributed by atoms with Crippen molar-refractivity contribution in [2.24, 2.45) is 0 Å². The van der Waals surface area contributed by atoms with Gasteiger partial charge in [0.1, 0.15) is 5.69 Å². The van der Waals surface area contributed by atoms with Gasteiger partial charge >= 0.3 is 0 Å². The van der Waals surface area contributed by atoms with E-state index in [9.17, 15) is 14.9 Å². The number of nitro benzene ring substituents is 1. The van der Waals surface area contributed by atoms with Crippen molar-refractivity contribution >= 4 is 22.5 Å². The maximum Gasteiger partial charge on any atom is 0.291 e. The maximum atomic E-state index is 11.1. The highest BCUT2D eigenvalue weighted by molar-refractivity contribution is 5.97. The summed E-state index contributed by atoms with van der Waals surface area (Å²) in [7, 11) is 0. The Morgan fingerprint density at radius 1 is 1.44 bits per heavy atom. The number of carbonyl (C=O) groups excluding carboxylic acids is 1. The van der Waals surface area contributed by atoms with E-state index < -0.39 is 10.8 Å². The van der Waals surface area contributed by atoms with Gasteiger partial charge in [-0.3, -0.25) is 20.1 Å². The summed E-state index contributed by atoms with van der Waals surface area (Å²) in [6.45, 7) is 0. The Morgan fingerprint density at radius 2 is 2.19 bits per heavy atom.